The monoisotopic (exact) mass is 393 g/mol. The van der Waals surface area contributed by atoms with Gasteiger partial charge in [-0.1, -0.05) is 31.4 Å². The summed E-state index contributed by atoms with van der Waals surface area (Å²) >= 11 is 0. The number of amides is 1. The average Bonchev–Trinajstić information content (AvgIpc) is 2.79. The fraction of sp³-hybridized carbons (Fsp3) is 0.227. The summed E-state index contributed by atoms with van der Waals surface area (Å²) in [7, 11) is 5.12. The van der Waals surface area contributed by atoms with Crippen LogP contribution >= 0.6 is 0 Å². The fourth-order valence-corrected chi connectivity index (χ4v) is 2.93. The van der Waals surface area contributed by atoms with Gasteiger partial charge in [0.2, 0.25) is 5.95 Å². The van der Waals surface area contributed by atoms with Crippen LogP contribution in [0.3, 0.4) is 0 Å². The normalized spacial score (nSPS) is 15.4. The molecule has 0 saturated carbocycles. The Morgan fingerprint density at radius 2 is 1.93 bits per heavy atom. The zero-order valence-corrected chi connectivity index (χ0v) is 17.6. The fourth-order valence-electron chi connectivity index (χ4n) is 2.93. The van der Waals surface area contributed by atoms with Gasteiger partial charge in [0.05, 0.1) is 30.3 Å². The largest absolute Gasteiger partial charge is 0.495 e. The molecule has 0 unspecified atom stereocenters. The molecule has 0 aromatic carbocycles. The summed E-state index contributed by atoms with van der Waals surface area (Å²) in [4.78, 5) is 25.3. The Kier molecular flexibility index (Phi) is 7.14. The van der Waals surface area contributed by atoms with E-state index < -0.39 is 0 Å². The van der Waals surface area contributed by atoms with Crippen LogP contribution in [-0.4, -0.2) is 37.1 Å². The van der Waals surface area contributed by atoms with E-state index in [-0.39, 0.29) is 5.91 Å². The Labute approximate surface area is 172 Å². The van der Waals surface area contributed by atoms with Crippen LogP contribution in [0.5, 0.6) is 0 Å². The summed E-state index contributed by atoms with van der Waals surface area (Å²) in [5.74, 6) is 1.33. The van der Waals surface area contributed by atoms with E-state index in [1.165, 1.54) is 4.90 Å². The van der Waals surface area contributed by atoms with Crippen molar-refractivity contribution in [2.45, 2.75) is 13.8 Å². The van der Waals surface area contributed by atoms with Gasteiger partial charge < -0.3 is 19.9 Å². The highest BCUT2D eigenvalue weighted by Gasteiger charge is 2.29. The second-order valence-corrected chi connectivity index (χ2v) is 6.14. The van der Waals surface area contributed by atoms with E-state index in [0.717, 1.165) is 0 Å². The third kappa shape index (κ3) is 4.29. The third-order valence-electron chi connectivity index (χ3n) is 4.38. The number of carbonyl (C=O) groups is 1. The maximum absolute atomic E-state index is 12.9. The lowest BCUT2D eigenvalue weighted by molar-refractivity contribution is -0.114. The van der Waals surface area contributed by atoms with E-state index in [4.69, 9.17) is 4.74 Å². The first-order chi connectivity index (χ1) is 13.9. The standard InChI is InChI=1S/C22H27N5O2/c1-8-12-16(19(11-4)29-7)24-22-23-14-18-20(25-22)26(5)17(13-9-2)15(10-3)21(28)27(18)6/h8-14H,3-4H2,1-2,5-7H3,(H,23,24,25)/b12-8-,13-9-,19-16-. The predicted octanol–water partition coefficient (Wildman–Crippen LogP) is 3.94. The number of nitrogens with one attached hydrogen (secondary N) is 1. The van der Waals surface area contributed by atoms with Gasteiger partial charge in [-0.3, -0.25) is 4.79 Å². The molecule has 1 aliphatic heterocycles. The first kappa shape index (κ1) is 21.7. The molecular weight excluding hydrogens is 366 g/mol. The average molecular weight is 393 g/mol. The highest BCUT2D eigenvalue weighted by atomic mass is 16.5. The lowest BCUT2D eigenvalue weighted by atomic mass is 10.1. The molecule has 0 aliphatic carbocycles. The van der Waals surface area contributed by atoms with E-state index >= 15 is 0 Å². The van der Waals surface area contributed by atoms with Gasteiger partial charge in [0.15, 0.2) is 5.82 Å². The van der Waals surface area contributed by atoms with Gasteiger partial charge in [-0.2, -0.15) is 4.98 Å². The van der Waals surface area contributed by atoms with Gasteiger partial charge in [0.25, 0.3) is 5.91 Å². The van der Waals surface area contributed by atoms with E-state index in [1.54, 1.807) is 32.5 Å². The van der Waals surface area contributed by atoms with Crippen molar-refractivity contribution in [3.63, 3.8) is 0 Å². The number of hydrogen-bond acceptors (Lipinski definition) is 6. The van der Waals surface area contributed by atoms with E-state index in [9.17, 15) is 4.79 Å². The summed E-state index contributed by atoms with van der Waals surface area (Å²) in [6.07, 6.45) is 12.2. The SMILES string of the molecule is C=CC1=C(/C=C\C)N(C)c2nc(NC(/C=C\C)=C(/C=C)OC)ncc2N(C)C1=O. The molecule has 7 heteroatoms. The number of carbonyl (C=O) groups excluding carboxylic acids is 1. The Morgan fingerprint density at radius 3 is 2.48 bits per heavy atom. The van der Waals surface area contributed by atoms with E-state index in [0.29, 0.717) is 40.2 Å². The van der Waals surface area contributed by atoms with Crippen molar-refractivity contribution in [3.05, 3.63) is 78.5 Å². The van der Waals surface area contributed by atoms with Crippen molar-refractivity contribution in [1.82, 2.24) is 9.97 Å². The van der Waals surface area contributed by atoms with Gasteiger partial charge >= 0.3 is 0 Å². The minimum Gasteiger partial charge on any atom is -0.495 e. The second kappa shape index (κ2) is 9.54. The lowest BCUT2D eigenvalue weighted by Crippen LogP contribution is -2.27. The number of hydrogen-bond donors (Lipinski definition) is 1. The minimum atomic E-state index is -0.175. The van der Waals surface area contributed by atoms with Crippen LogP contribution in [0.25, 0.3) is 0 Å². The molecule has 0 saturated heterocycles. The van der Waals surface area contributed by atoms with Crippen LogP contribution in [-0.2, 0) is 9.53 Å². The van der Waals surface area contributed by atoms with Crippen LogP contribution in [0.1, 0.15) is 13.8 Å². The highest BCUT2D eigenvalue weighted by Crippen LogP contribution is 2.34. The molecule has 0 radical (unpaired) electrons. The molecule has 0 atom stereocenters. The first-order valence-electron chi connectivity index (χ1n) is 9.12. The van der Waals surface area contributed by atoms with Crippen molar-refractivity contribution >= 4 is 23.4 Å². The van der Waals surface area contributed by atoms with Crippen LogP contribution < -0.4 is 15.1 Å². The van der Waals surface area contributed by atoms with Crippen molar-refractivity contribution < 1.29 is 9.53 Å². The molecule has 1 aromatic rings. The zero-order chi connectivity index (χ0) is 21.6. The number of nitrogens with zero attached hydrogens (tertiary/aromatic N) is 4. The molecule has 7 nitrogen and oxygen atoms in total. The van der Waals surface area contributed by atoms with Gasteiger partial charge in [0.1, 0.15) is 11.4 Å². The van der Waals surface area contributed by atoms with Crippen molar-refractivity contribution in [3.8, 4) is 0 Å². The number of anilines is 3. The summed E-state index contributed by atoms with van der Waals surface area (Å²) in [5.41, 5.74) is 2.45. The van der Waals surface area contributed by atoms with E-state index in [2.05, 4.69) is 28.4 Å². The van der Waals surface area contributed by atoms with Gasteiger partial charge in [-0.15, -0.1) is 0 Å². The van der Waals surface area contributed by atoms with Gasteiger partial charge in [-0.05, 0) is 32.1 Å². The molecule has 2 heterocycles. The molecule has 1 aliphatic rings. The zero-order valence-electron chi connectivity index (χ0n) is 17.6. The molecule has 2 rings (SSSR count). The molecule has 1 N–H and O–H groups in total. The Bertz CT molecular complexity index is 941. The lowest BCUT2D eigenvalue weighted by Gasteiger charge is -2.22. The molecule has 29 heavy (non-hydrogen) atoms. The Hall–Kier alpha value is -3.61. The number of allylic oxidation sites excluding steroid dienone is 5. The van der Waals surface area contributed by atoms with Crippen LogP contribution in [0.15, 0.2) is 78.5 Å². The summed E-state index contributed by atoms with van der Waals surface area (Å²) in [5, 5.41) is 3.16. The molecule has 0 fully saturated rings. The highest BCUT2D eigenvalue weighted by molar-refractivity contribution is 6.11. The van der Waals surface area contributed by atoms with Gasteiger partial charge in [-0.25, -0.2) is 4.98 Å². The maximum Gasteiger partial charge on any atom is 0.260 e. The molecule has 1 amide bonds. The number of rotatable bonds is 7. The van der Waals surface area contributed by atoms with Crippen molar-refractivity contribution in [2.75, 3.05) is 36.3 Å². The maximum atomic E-state index is 12.9. The number of methoxy groups -OCH3 is 1. The summed E-state index contributed by atoms with van der Waals surface area (Å²) in [6.45, 7) is 11.4. The quantitative estimate of drug-likeness (QED) is 0.559. The number of likely N-dealkylation sites (N-methyl/N-ethyl adjacent to an activating group) is 2. The topological polar surface area (TPSA) is 70.6 Å². The smallest absolute Gasteiger partial charge is 0.260 e. The molecule has 0 bridgehead atoms. The molecule has 0 spiro atoms. The second-order valence-electron chi connectivity index (χ2n) is 6.14. The van der Waals surface area contributed by atoms with Crippen molar-refractivity contribution in [2.24, 2.45) is 0 Å². The summed E-state index contributed by atoms with van der Waals surface area (Å²) in [6, 6.07) is 0. The Balaban J connectivity index is 2.63. The van der Waals surface area contributed by atoms with Crippen LogP contribution in [0.4, 0.5) is 17.5 Å². The summed E-state index contributed by atoms with van der Waals surface area (Å²) < 4.78 is 5.35. The molecular formula is C22H27N5O2. The van der Waals surface area contributed by atoms with Crippen LogP contribution in [0.2, 0.25) is 0 Å². The van der Waals surface area contributed by atoms with Gasteiger partial charge in [0, 0.05) is 14.1 Å². The number of ether oxygens (including phenoxy) is 1. The van der Waals surface area contributed by atoms with Crippen molar-refractivity contribution in [1.29, 1.82) is 0 Å². The first-order valence-corrected chi connectivity index (χ1v) is 9.12. The third-order valence-corrected chi connectivity index (χ3v) is 4.38. The molecule has 152 valence electrons. The number of fused-ring (bicyclic) bond motifs is 1. The number of aromatic nitrogens is 2. The Morgan fingerprint density at radius 1 is 1.21 bits per heavy atom. The van der Waals surface area contributed by atoms with Crippen LogP contribution in [0, 0.1) is 0 Å². The molecule has 1 aromatic heterocycles. The minimum absolute atomic E-state index is 0.175. The van der Waals surface area contributed by atoms with E-state index in [1.807, 2.05) is 50.1 Å². The predicted molar refractivity (Wildman–Crippen MR) is 119 cm³/mol.